The smallest absolute Gasteiger partial charge is 0.231 e. The zero-order valence-electron chi connectivity index (χ0n) is 13.2. The van der Waals surface area contributed by atoms with E-state index in [9.17, 15) is 9.90 Å². The number of carbonyl (C=O) groups is 1. The first-order chi connectivity index (χ1) is 11.4. The lowest BCUT2D eigenvalue weighted by molar-refractivity contribution is -0.872. The van der Waals surface area contributed by atoms with Gasteiger partial charge in [0, 0.05) is 15.6 Å². The highest BCUT2D eigenvalue weighted by Crippen LogP contribution is 2.40. The second-order valence-corrected chi connectivity index (χ2v) is 6.71. The summed E-state index contributed by atoms with van der Waals surface area (Å²) in [5, 5.41) is 11.0. The van der Waals surface area contributed by atoms with Gasteiger partial charge in [-0.25, -0.2) is 0 Å². The lowest BCUT2D eigenvalue weighted by Crippen LogP contribution is -3.04. The van der Waals surface area contributed by atoms with Crippen molar-refractivity contribution in [2.45, 2.75) is 6.54 Å². The molecule has 0 atom stereocenters. The Bertz CT molecular complexity index is 839. The number of phenols is 1. The predicted octanol–water partition coefficient (Wildman–Crippen LogP) is 2.96. The second kappa shape index (κ2) is 6.48. The van der Waals surface area contributed by atoms with Crippen LogP contribution in [0.4, 0.5) is 0 Å². The van der Waals surface area contributed by atoms with Crippen molar-refractivity contribution in [1.29, 1.82) is 0 Å². The van der Waals surface area contributed by atoms with Gasteiger partial charge in [-0.1, -0.05) is 29.3 Å². The standard InChI is InChI=1S/C18H15Cl2NO3/c1-21(2)9-12-15(22)7-6-10-17(23)16(24-18(10)12)8-11-13(19)4-3-5-14(11)20/h3-8,22H,9H2,1-2H3/p+1/b16-8+. The van der Waals surface area contributed by atoms with Gasteiger partial charge >= 0.3 is 0 Å². The molecule has 1 aliphatic rings. The van der Waals surface area contributed by atoms with E-state index in [0.29, 0.717) is 39.0 Å². The summed E-state index contributed by atoms with van der Waals surface area (Å²) in [5.74, 6) is 0.395. The summed E-state index contributed by atoms with van der Waals surface area (Å²) in [7, 11) is 3.91. The largest absolute Gasteiger partial charge is 0.507 e. The molecule has 0 aliphatic carbocycles. The summed E-state index contributed by atoms with van der Waals surface area (Å²) < 4.78 is 5.77. The third kappa shape index (κ3) is 3.00. The molecule has 2 aromatic rings. The van der Waals surface area contributed by atoms with Gasteiger partial charge in [0.05, 0.1) is 25.2 Å². The van der Waals surface area contributed by atoms with Crippen LogP contribution >= 0.6 is 23.2 Å². The highest BCUT2D eigenvalue weighted by Gasteiger charge is 2.32. The van der Waals surface area contributed by atoms with Crippen LogP contribution in [0.5, 0.6) is 11.5 Å². The normalized spacial score (nSPS) is 15.0. The molecule has 0 radical (unpaired) electrons. The number of benzene rings is 2. The molecule has 0 fully saturated rings. The third-order valence-electron chi connectivity index (χ3n) is 3.72. The molecular formula is C18H16Cl2NO3+. The Morgan fingerprint density at radius 2 is 1.83 bits per heavy atom. The number of fused-ring (bicyclic) bond motifs is 1. The molecule has 24 heavy (non-hydrogen) atoms. The highest BCUT2D eigenvalue weighted by atomic mass is 35.5. The number of hydrogen-bond donors (Lipinski definition) is 2. The summed E-state index contributed by atoms with van der Waals surface area (Å²) in [6.45, 7) is 0.530. The van der Waals surface area contributed by atoms with Gasteiger partial charge in [0.2, 0.25) is 5.78 Å². The Morgan fingerprint density at radius 3 is 2.46 bits per heavy atom. The summed E-state index contributed by atoms with van der Waals surface area (Å²) in [5.41, 5.74) is 1.56. The Morgan fingerprint density at radius 1 is 1.17 bits per heavy atom. The number of rotatable bonds is 3. The minimum atomic E-state index is -0.254. The molecule has 2 N–H and O–H groups in total. The van der Waals surface area contributed by atoms with E-state index in [0.717, 1.165) is 4.90 Å². The number of ketones is 1. The van der Waals surface area contributed by atoms with Crippen molar-refractivity contribution < 1.29 is 19.5 Å². The van der Waals surface area contributed by atoms with Gasteiger partial charge < -0.3 is 14.7 Å². The number of hydrogen-bond acceptors (Lipinski definition) is 3. The van der Waals surface area contributed by atoms with Crippen LogP contribution in [0.1, 0.15) is 21.5 Å². The van der Waals surface area contributed by atoms with Gasteiger partial charge in [0.1, 0.15) is 12.3 Å². The molecule has 0 aromatic heterocycles. The average molecular weight is 365 g/mol. The van der Waals surface area contributed by atoms with Crippen molar-refractivity contribution in [3.05, 3.63) is 62.8 Å². The highest BCUT2D eigenvalue weighted by molar-refractivity contribution is 6.37. The maximum atomic E-state index is 12.6. The van der Waals surface area contributed by atoms with Crippen molar-refractivity contribution in [2.75, 3.05) is 14.1 Å². The molecule has 0 spiro atoms. The van der Waals surface area contributed by atoms with Crippen LogP contribution in [0.15, 0.2) is 36.1 Å². The monoisotopic (exact) mass is 364 g/mol. The molecule has 2 aromatic carbocycles. The lowest BCUT2D eigenvalue weighted by atomic mass is 10.0. The minimum Gasteiger partial charge on any atom is -0.507 e. The Hall–Kier alpha value is -2.01. The molecule has 0 unspecified atom stereocenters. The van der Waals surface area contributed by atoms with Crippen LogP contribution in [0.2, 0.25) is 10.0 Å². The molecule has 0 saturated heterocycles. The first kappa shape index (κ1) is 16.8. The molecule has 1 heterocycles. The van der Waals surface area contributed by atoms with E-state index >= 15 is 0 Å². The molecular weight excluding hydrogens is 349 g/mol. The van der Waals surface area contributed by atoms with E-state index < -0.39 is 0 Å². The maximum absolute atomic E-state index is 12.6. The van der Waals surface area contributed by atoms with Crippen LogP contribution < -0.4 is 9.64 Å². The molecule has 6 heteroatoms. The minimum absolute atomic E-state index is 0.111. The Balaban J connectivity index is 2.07. The predicted molar refractivity (Wildman–Crippen MR) is 94.0 cm³/mol. The van der Waals surface area contributed by atoms with Crippen molar-refractivity contribution >= 4 is 35.1 Å². The van der Waals surface area contributed by atoms with E-state index in [-0.39, 0.29) is 17.3 Å². The molecule has 1 aliphatic heterocycles. The van der Waals surface area contributed by atoms with Crippen molar-refractivity contribution in [1.82, 2.24) is 0 Å². The quantitative estimate of drug-likeness (QED) is 0.823. The number of halogens is 2. The Labute approximate surface area is 149 Å². The average Bonchev–Trinajstić information content (AvgIpc) is 2.82. The summed E-state index contributed by atoms with van der Waals surface area (Å²) >= 11 is 12.3. The number of allylic oxidation sites excluding steroid dienone is 1. The van der Waals surface area contributed by atoms with Gasteiger partial charge in [0.15, 0.2) is 11.5 Å². The van der Waals surface area contributed by atoms with Crippen LogP contribution in [0.25, 0.3) is 6.08 Å². The molecule has 3 rings (SSSR count). The molecule has 0 saturated carbocycles. The van der Waals surface area contributed by atoms with Crippen LogP contribution in [0.3, 0.4) is 0 Å². The van der Waals surface area contributed by atoms with Crippen LogP contribution in [-0.2, 0) is 6.54 Å². The number of quaternary nitrogens is 1. The summed E-state index contributed by atoms with van der Waals surface area (Å²) in [6.07, 6.45) is 1.54. The fourth-order valence-corrected chi connectivity index (χ4v) is 3.11. The topological polar surface area (TPSA) is 51.0 Å². The van der Waals surface area contributed by atoms with E-state index in [4.69, 9.17) is 27.9 Å². The number of ether oxygens (including phenoxy) is 1. The molecule has 0 bridgehead atoms. The van der Waals surface area contributed by atoms with E-state index in [2.05, 4.69) is 0 Å². The SMILES string of the molecule is C[NH+](C)Cc1c(O)ccc2c1O/C(=C/c1c(Cl)cccc1Cl)C2=O. The second-order valence-electron chi connectivity index (χ2n) is 5.90. The maximum Gasteiger partial charge on any atom is 0.231 e. The number of carbonyl (C=O) groups excluding carboxylic acids is 1. The van der Waals surface area contributed by atoms with Crippen molar-refractivity contribution in [3.8, 4) is 11.5 Å². The number of Topliss-reactive ketones (excluding diaryl/α,β-unsaturated/α-hetero) is 1. The van der Waals surface area contributed by atoms with Gasteiger partial charge in [0.25, 0.3) is 0 Å². The fourth-order valence-electron chi connectivity index (χ4n) is 2.60. The molecule has 4 nitrogen and oxygen atoms in total. The number of aromatic hydroxyl groups is 1. The molecule has 0 amide bonds. The number of phenolic OH excluding ortho intramolecular Hbond substituents is 1. The number of nitrogens with one attached hydrogen (secondary N) is 1. The van der Waals surface area contributed by atoms with Crippen LogP contribution in [-0.4, -0.2) is 25.0 Å². The first-order valence-electron chi connectivity index (χ1n) is 7.40. The first-order valence-corrected chi connectivity index (χ1v) is 8.16. The van der Waals surface area contributed by atoms with Gasteiger partial charge in [-0.3, -0.25) is 4.79 Å². The van der Waals surface area contributed by atoms with E-state index in [1.54, 1.807) is 24.3 Å². The van der Waals surface area contributed by atoms with Crippen molar-refractivity contribution in [2.24, 2.45) is 0 Å². The van der Waals surface area contributed by atoms with Gasteiger partial charge in [-0.15, -0.1) is 0 Å². The zero-order chi connectivity index (χ0) is 17.4. The Kier molecular flexibility index (Phi) is 4.54. The van der Waals surface area contributed by atoms with Crippen LogP contribution in [0, 0.1) is 0 Å². The summed E-state index contributed by atoms with van der Waals surface area (Å²) in [6, 6.07) is 8.20. The van der Waals surface area contributed by atoms with Gasteiger partial charge in [-0.05, 0) is 30.3 Å². The van der Waals surface area contributed by atoms with Gasteiger partial charge in [-0.2, -0.15) is 0 Å². The zero-order valence-corrected chi connectivity index (χ0v) is 14.7. The third-order valence-corrected chi connectivity index (χ3v) is 4.38. The fraction of sp³-hybridized carbons (Fsp3) is 0.167. The van der Waals surface area contributed by atoms with E-state index in [1.165, 1.54) is 12.1 Å². The van der Waals surface area contributed by atoms with Crippen molar-refractivity contribution in [3.63, 3.8) is 0 Å². The lowest BCUT2D eigenvalue weighted by Gasteiger charge is -2.12. The van der Waals surface area contributed by atoms with E-state index in [1.807, 2.05) is 14.1 Å². The summed E-state index contributed by atoms with van der Waals surface area (Å²) in [4.78, 5) is 13.7. The molecule has 124 valence electrons.